The summed E-state index contributed by atoms with van der Waals surface area (Å²) in [5, 5.41) is 10.5. The number of hydrogen-bond donors (Lipinski definition) is 0. The highest BCUT2D eigenvalue weighted by atomic mass is 32.1. The van der Waals surface area contributed by atoms with Crippen LogP contribution in [0, 0.1) is 18.3 Å². The minimum atomic E-state index is -0.598. The van der Waals surface area contributed by atoms with Crippen LogP contribution in [0.4, 0.5) is 0 Å². The van der Waals surface area contributed by atoms with E-state index in [-0.39, 0.29) is 6.01 Å². The molecule has 3 aromatic heterocycles. The molecule has 0 amide bonds. The Morgan fingerprint density at radius 3 is 2.59 bits per heavy atom. The van der Waals surface area contributed by atoms with Gasteiger partial charge in [0.05, 0.1) is 11.8 Å². The summed E-state index contributed by atoms with van der Waals surface area (Å²) >= 11 is 1.42. The molecule has 7 nitrogen and oxygen atoms in total. The molecule has 0 N–H and O–H groups in total. The fraction of sp³-hybridized carbons (Fsp3) is 0.346. The van der Waals surface area contributed by atoms with Crippen molar-refractivity contribution in [1.82, 2.24) is 24.8 Å². The van der Waals surface area contributed by atoms with Gasteiger partial charge in [-0.3, -0.25) is 4.90 Å². The van der Waals surface area contributed by atoms with E-state index in [4.69, 9.17) is 4.74 Å². The van der Waals surface area contributed by atoms with E-state index >= 15 is 0 Å². The van der Waals surface area contributed by atoms with Crippen LogP contribution in [-0.4, -0.2) is 37.9 Å². The second-order valence-corrected chi connectivity index (χ2v) is 9.61. The van der Waals surface area contributed by atoms with Gasteiger partial charge < -0.3 is 4.74 Å². The molecule has 1 atom stereocenters. The molecule has 0 spiro atoms. The number of pyridine rings is 1. The second-order valence-electron chi connectivity index (χ2n) is 8.60. The number of aryl methyl sites for hydroxylation is 1. The topological polar surface area (TPSA) is 87.8 Å². The summed E-state index contributed by atoms with van der Waals surface area (Å²) in [6, 6.07) is 16.7. The van der Waals surface area contributed by atoms with Gasteiger partial charge in [-0.05, 0) is 62.2 Å². The number of piperidine rings is 1. The summed E-state index contributed by atoms with van der Waals surface area (Å²) in [5.41, 5.74) is 4.66. The molecule has 0 bridgehead atoms. The number of benzene rings is 1. The molecule has 0 radical (unpaired) electrons. The maximum absolute atomic E-state index is 9.85. The van der Waals surface area contributed by atoms with Gasteiger partial charge in [0.2, 0.25) is 0 Å². The van der Waals surface area contributed by atoms with E-state index < -0.39 is 5.92 Å². The summed E-state index contributed by atoms with van der Waals surface area (Å²) in [6.07, 6.45) is 5.57. The van der Waals surface area contributed by atoms with Crippen LogP contribution in [0.15, 0.2) is 48.7 Å². The van der Waals surface area contributed by atoms with Crippen molar-refractivity contribution in [3.63, 3.8) is 0 Å². The van der Waals surface area contributed by atoms with E-state index in [0.717, 1.165) is 28.1 Å². The van der Waals surface area contributed by atoms with Crippen LogP contribution in [0.1, 0.15) is 52.7 Å². The van der Waals surface area contributed by atoms with Crippen molar-refractivity contribution in [2.24, 2.45) is 0 Å². The molecule has 4 heterocycles. The van der Waals surface area contributed by atoms with Gasteiger partial charge >= 0.3 is 6.01 Å². The van der Waals surface area contributed by atoms with Crippen LogP contribution in [0.5, 0.6) is 6.01 Å². The van der Waals surface area contributed by atoms with Crippen molar-refractivity contribution in [2.75, 3.05) is 13.1 Å². The molecule has 1 aliphatic heterocycles. The van der Waals surface area contributed by atoms with Crippen LogP contribution >= 0.6 is 11.3 Å². The number of likely N-dealkylation sites (tertiary alicyclic amines) is 1. The smallest absolute Gasteiger partial charge is 0.316 e. The summed E-state index contributed by atoms with van der Waals surface area (Å²) in [4.78, 5) is 21.2. The molecule has 1 saturated heterocycles. The number of fused-ring (bicyclic) bond motifs is 1. The molecule has 172 valence electrons. The summed E-state index contributed by atoms with van der Waals surface area (Å²) in [6.45, 7) is 5.69. The fourth-order valence-electron chi connectivity index (χ4n) is 4.15. The van der Waals surface area contributed by atoms with Gasteiger partial charge in [-0.25, -0.2) is 15.0 Å². The monoisotopic (exact) mass is 470 g/mol. The molecular weight excluding hydrogens is 444 g/mol. The van der Waals surface area contributed by atoms with Crippen molar-refractivity contribution in [2.45, 2.75) is 45.3 Å². The van der Waals surface area contributed by atoms with Crippen LogP contribution < -0.4 is 4.74 Å². The molecule has 1 unspecified atom stereocenters. The highest BCUT2D eigenvalue weighted by Gasteiger charge is 2.21. The van der Waals surface area contributed by atoms with Gasteiger partial charge in [0, 0.05) is 18.4 Å². The lowest BCUT2D eigenvalue weighted by Gasteiger charge is -2.26. The fourth-order valence-corrected chi connectivity index (χ4v) is 5.19. The summed E-state index contributed by atoms with van der Waals surface area (Å²) in [5.74, 6) is -0.598. The number of nitriles is 1. The predicted molar refractivity (Wildman–Crippen MR) is 132 cm³/mol. The number of aromatic nitrogens is 4. The minimum Gasteiger partial charge on any atom is -0.459 e. The normalized spacial score (nSPS) is 15.2. The van der Waals surface area contributed by atoms with Crippen molar-refractivity contribution >= 4 is 21.7 Å². The zero-order valence-electron chi connectivity index (χ0n) is 19.1. The Hall–Kier alpha value is -3.41. The van der Waals surface area contributed by atoms with E-state index in [1.165, 1.54) is 49.3 Å². The number of hydrogen-bond acceptors (Lipinski definition) is 8. The van der Waals surface area contributed by atoms with E-state index in [0.29, 0.717) is 17.3 Å². The second kappa shape index (κ2) is 10.2. The maximum atomic E-state index is 9.85. The first-order valence-corrected chi connectivity index (χ1v) is 12.4. The average molecular weight is 471 g/mol. The van der Waals surface area contributed by atoms with Crippen molar-refractivity contribution in [1.29, 1.82) is 5.26 Å². The standard InChI is InChI=1S/C26H26N6OS/c1-18-5-10-23-25(29-18)34-24(30-23)21(15-27)22-11-12-28-26(31-22)33-17-20-8-6-19(7-9-20)16-32-13-3-2-4-14-32/h5-12,21H,2-4,13-14,16-17H2,1H3. The lowest BCUT2D eigenvalue weighted by atomic mass is 10.1. The average Bonchev–Trinajstić information content (AvgIpc) is 3.28. The predicted octanol–water partition coefficient (Wildman–Crippen LogP) is 5.01. The largest absolute Gasteiger partial charge is 0.459 e. The molecule has 34 heavy (non-hydrogen) atoms. The zero-order chi connectivity index (χ0) is 23.3. The number of ether oxygens (including phenoxy) is 1. The Morgan fingerprint density at radius 1 is 1.00 bits per heavy atom. The van der Waals surface area contributed by atoms with E-state index in [1.54, 1.807) is 12.3 Å². The van der Waals surface area contributed by atoms with Crippen LogP contribution in [0.25, 0.3) is 10.3 Å². The molecule has 1 fully saturated rings. The lowest BCUT2D eigenvalue weighted by Crippen LogP contribution is -2.29. The Balaban J connectivity index is 1.25. The molecule has 0 aliphatic carbocycles. The van der Waals surface area contributed by atoms with Crippen LogP contribution in [0.2, 0.25) is 0 Å². The highest BCUT2D eigenvalue weighted by molar-refractivity contribution is 7.18. The maximum Gasteiger partial charge on any atom is 0.316 e. The van der Waals surface area contributed by atoms with E-state index in [9.17, 15) is 5.26 Å². The first kappa shape index (κ1) is 22.4. The third kappa shape index (κ3) is 5.22. The third-order valence-corrected chi connectivity index (χ3v) is 7.01. The molecule has 1 aromatic carbocycles. The van der Waals surface area contributed by atoms with Gasteiger partial charge in [-0.15, -0.1) is 0 Å². The first-order valence-electron chi connectivity index (χ1n) is 11.6. The Kier molecular flexibility index (Phi) is 6.74. The molecule has 4 aromatic rings. The van der Waals surface area contributed by atoms with Crippen molar-refractivity contribution in [3.05, 3.63) is 76.2 Å². The molecule has 1 aliphatic rings. The van der Waals surface area contributed by atoms with Gasteiger partial charge in [0.1, 0.15) is 27.9 Å². The first-order chi connectivity index (χ1) is 16.7. The zero-order valence-corrected chi connectivity index (χ0v) is 20.0. The van der Waals surface area contributed by atoms with Gasteiger partial charge in [-0.1, -0.05) is 42.0 Å². The Bertz CT molecular complexity index is 1310. The van der Waals surface area contributed by atoms with Gasteiger partial charge in [0.15, 0.2) is 0 Å². The number of rotatable bonds is 7. The SMILES string of the molecule is Cc1ccc2nc(C(C#N)c3ccnc(OCc4ccc(CN5CCCCC5)cc4)n3)sc2n1. The van der Waals surface area contributed by atoms with Crippen LogP contribution in [-0.2, 0) is 13.2 Å². The van der Waals surface area contributed by atoms with Gasteiger partial charge in [0.25, 0.3) is 0 Å². The number of nitrogens with zero attached hydrogens (tertiary/aromatic N) is 6. The molecule has 8 heteroatoms. The quantitative estimate of drug-likeness (QED) is 0.375. The summed E-state index contributed by atoms with van der Waals surface area (Å²) < 4.78 is 5.86. The van der Waals surface area contributed by atoms with E-state index in [1.807, 2.05) is 19.1 Å². The Labute approximate surface area is 203 Å². The third-order valence-electron chi connectivity index (χ3n) is 5.98. The molecule has 0 saturated carbocycles. The lowest BCUT2D eigenvalue weighted by molar-refractivity contribution is 0.221. The molecule has 5 rings (SSSR count). The van der Waals surface area contributed by atoms with Gasteiger partial charge in [-0.2, -0.15) is 10.2 Å². The van der Waals surface area contributed by atoms with E-state index in [2.05, 4.69) is 55.2 Å². The van der Waals surface area contributed by atoms with Crippen molar-refractivity contribution < 1.29 is 4.74 Å². The minimum absolute atomic E-state index is 0.255. The Morgan fingerprint density at radius 2 is 1.79 bits per heavy atom. The molecular formula is C26H26N6OS. The highest BCUT2D eigenvalue weighted by Crippen LogP contribution is 2.30. The number of thiazole rings is 1. The summed E-state index contributed by atoms with van der Waals surface area (Å²) in [7, 11) is 0. The van der Waals surface area contributed by atoms with Crippen molar-refractivity contribution in [3.8, 4) is 12.1 Å². The van der Waals surface area contributed by atoms with Crippen LogP contribution in [0.3, 0.4) is 0 Å².